The van der Waals surface area contributed by atoms with Gasteiger partial charge in [0.1, 0.15) is 0 Å². The zero-order valence-electron chi connectivity index (χ0n) is 12.6. The number of nitrogens with zero attached hydrogens (tertiary/aromatic N) is 2. The maximum atomic E-state index is 5.29. The van der Waals surface area contributed by atoms with Crippen LogP contribution in [-0.4, -0.2) is 22.7 Å². The van der Waals surface area contributed by atoms with E-state index in [4.69, 9.17) is 11.5 Å². The number of rotatable bonds is 5. The average molecular weight is 356 g/mol. The molecular formula is C16H16N6S2. The van der Waals surface area contributed by atoms with Crippen LogP contribution < -0.4 is 22.3 Å². The molecule has 8 heteroatoms. The average Bonchev–Trinajstić information content (AvgIpc) is 2.56. The van der Waals surface area contributed by atoms with Crippen LogP contribution in [0.3, 0.4) is 0 Å². The minimum absolute atomic E-state index is 0.134. The van der Waals surface area contributed by atoms with Crippen molar-refractivity contribution in [2.75, 3.05) is 0 Å². The Morgan fingerprint density at radius 1 is 0.708 bits per heavy atom. The summed E-state index contributed by atoms with van der Waals surface area (Å²) in [5.41, 5.74) is 19.7. The SMILES string of the molecule is NC(=S)N/N=C/c1ccc(-c2ccc(/C=N/NC(N)=S)cc2)cc1. The van der Waals surface area contributed by atoms with Gasteiger partial charge in [-0.2, -0.15) is 10.2 Å². The van der Waals surface area contributed by atoms with E-state index in [2.05, 4.69) is 45.5 Å². The van der Waals surface area contributed by atoms with E-state index in [0.29, 0.717) is 0 Å². The van der Waals surface area contributed by atoms with Gasteiger partial charge in [0.2, 0.25) is 0 Å². The molecule has 0 unspecified atom stereocenters. The van der Waals surface area contributed by atoms with Crippen LogP contribution in [0, 0.1) is 0 Å². The van der Waals surface area contributed by atoms with Crippen molar-refractivity contribution in [3.63, 3.8) is 0 Å². The van der Waals surface area contributed by atoms with Crippen molar-refractivity contribution in [1.29, 1.82) is 0 Å². The first kappa shape index (κ1) is 17.5. The molecule has 0 radical (unpaired) electrons. The third-order valence-electron chi connectivity index (χ3n) is 2.93. The lowest BCUT2D eigenvalue weighted by Gasteiger charge is -2.03. The zero-order chi connectivity index (χ0) is 17.4. The molecule has 2 aromatic carbocycles. The fraction of sp³-hybridized carbons (Fsp3) is 0. The lowest BCUT2D eigenvalue weighted by molar-refractivity contribution is 1.04. The first-order chi connectivity index (χ1) is 11.5. The quantitative estimate of drug-likeness (QED) is 0.369. The van der Waals surface area contributed by atoms with Gasteiger partial charge in [0.05, 0.1) is 12.4 Å². The summed E-state index contributed by atoms with van der Waals surface area (Å²) in [6.07, 6.45) is 3.30. The molecule has 0 fully saturated rings. The van der Waals surface area contributed by atoms with Crippen molar-refractivity contribution < 1.29 is 0 Å². The van der Waals surface area contributed by atoms with Gasteiger partial charge in [-0.05, 0) is 46.7 Å². The van der Waals surface area contributed by atoms with Gasteiger partial charge in [0.15, 0.2) is 10.2 Å². The molecule has 2 aromatic rings. The number of hydrogen-bond donors (Lipinski definition) is 4. The molecule has 0 aromatic heterocycles. The molecule has 0 aliphatic heterocycles. The third-order valence-corrected chi connectivity index (χ3v) is 3.11. The minimum Gasteiger partial charge on any atom is -0.375 e. The van der Waals surface area contributed by atoms with Crippen molar-refractivity contribution in [1.82, 2.24) is 10.9 Å². The van der Waals surface area contributed by atoms with Gasteiger partial charge in [-0.3, -0.25) is 10.9 Å². The van der Waals surface area contributed by atoms with E-state index in [1.165, 1.54) is 0 Å². The molecule has 0 heterocycles. The first-order valence-corrected chi connectivity index (χ1v) is 7.74. The number of hydrogen-bond acceptors (Lipinski definition) is 4. The number of nitrogens with two attached hydrogens (primary N) is 2. The van der Waals surface area contributed by atoms with Crippen LogP contribution >= 0.6 is 24.4 Å². The summed E-state index contributed by atoms with van der Waals surface area (Å²) in [7, 11) is 0. The maximum Gasteiger partial charge on any atom is 0.184 e. The summed E-state index contributed by atoms with van der Waals surface area (Å²) in [5.74, 6) is 0. The van der Waals surface area contributed by atoms with Gasteiger partial charge in [-0.25, -0.2) is 0 Å². The third kappa shape index (κ3) is 5.75. The monoisotopic (exact) mass is 356 g/mol. The van der Waals surface area contributed by atoms with Gasteiger partial charge >= 0.3 is 0 Å². The highest BCUT2D eigenvalue weighted by molar-refractivity contribution is 7.80. The molecule has 0 atom stereocenters. The summed E-state index contributed by atoms with van der Waals surface area (Å²) < 4.78 is 0. The molecule has 0 bridgehead atoms. The van der Waals surface area contributed by atoms with Crippen LogP contribution in [0.1, 0.15) is 11.1 Å². The lowest BCUT2D eigenvalue weighted by Crippen LogP contribution is -2.24. The van der Waals surface area contributed by atoms with Gasteiger partial charge in [-0.15, -0.1) is 0 Å². The van der Waals surface area contributed by atoms with Crippen LogP contribution in [0.5, 0.6) is 0 Å². The summed E-state index contributed by atoms with van der Waals surface area (Å²) >= 11 is 9.34. The predicted octanol–water partition coefficient (Wildman–Crippen LogP) is 1.69. The second kappa shape index (κ2) is 8.70. The molecule has 0 spiro atoms. The lowest BCUT2D eigenvalue weighted by atomic mass is 10.0. The summed E-state index contributed by atoms with van der Waals surface area (Å²) in [4.78, 5) is 0. The van der Waals surface area contributed by atoms with Crippen molar-refractivity contribution in [3.05, 3.63) is 59.7 Å². The summed E-state index contributed by atoms with van der Waals surface area (Å²) in [6, 6.07) is 15.9. The van der Waals surface area contributed by atoms with Gasteiger partial charge < -0.3 is 11.5 Å². The molecule has 0 saturated carbocycles. The van der Waals surface area contributed by atoms with Crippen LogP contribution in [0.4, 0.5) is 0 Å². The van der Waals surface area contributed by atoms with E-state index < -0.39 is 0 Å². The summed E-state index contributed by atoms with van der Waals surface area (Å²) in [5, 5.41) is 8.10. The van der Waals surface area contributed by atoms with Crippen LogP contribution in [0.2, 0.25) is 0 Å². The Balaban J connectivity index is 2.03. The van der Waals surface area contributed by atoms with Crippen LogP contribution in [-0.2, 0) is 0 Å². The molecular weight excluding hydrogens is 340 g/mol. The number of thiocarbonyl (C=S) groups is 2. The molecule has 0 aliphatic carbocycles. The van der Waals surface area contributed by atoms with Crippen molar-refractivity contribution >= 4 is 47.1 Å². The Bertz CT molecular complexity index is 699. The van der Waals surface area contributed by atoms with E-state index in [0.717, 1.165) is 22.3 Å². The first-order valence-electron chi connectivity index (χ1n) is 6.92. The second-order valence-electron chi connectivity index (χ2n) is 4.71. The Morgan fingerprint density at radius 2 is 1.04 bits per heavy atom. The predicted molar refractivity (Wildman–Crippen MR) is 107 cm³/mol. The normalized spacial score (nSPS) is 10.8. The number of hydrazone groups is 2. The number of benzene rings is 2. The molecule has 6 N–H and O–H groups in total. The minimum atomic E-state index is 0.134. The van der Waals surface area contributed by atoms with Gasteiger partial charge in [-0.1, -0.05) is 48.5 Å². The number of nitrogens with one attached hydrogen (secondary N) is 2. The topological polar surface area (TPSA) is 101 Å². The zero-order valence-corrected chi connectivity index (χ0v) is 14.3. The van der Waals surface area contributed by atoms with E-state index in [-0.39, 0.29) is 10.2 Å². The second-order valence-corrected chi connectivity index (χ2v) is 5.59. The van der Waals surface area contributed by atoms with Crippen LogP contribution in [0.25, 0.3) is 11.1 Å². The Hall–Kier alpha value is -2.84. The molecule has 0 aliphatic rings. The summed E-state index contributed by atoms with van der Waals surface area (Å²) in [6.45, 7) is 0. The highest BCUT2D eigenvalue weighted by atomic mass is 32.1. The van der Waals surface area contributed by atoms with Gasteiger partial charge in [0, 0.05) is 0 Å². The molecule has 2 rings (SSSR count). The van der Waals surface area contributed by atoms with E-state index >= 15 is 0 Å². The molecule has 24 heavy (non-hydrogen) atoms. The van der Waals surface area contributed by atoms with Crippen molar-refractivity contribution in [2.45, 2.75) is 0 Å². The Morgan fingerprint density at radius 3 is 1.33 bits per heavy atom. The molecule has 122 valence electrons. The van der Waals surface area contributed by atoms with Crippen LogP contribution in [0.15, 0.2) is 58.7 Å². The standard InChI is InChI=1S/C16H16N6S2/c17-15(23)21-19-9-11-1-5-13(6-2-11)14-7-3-12(4-8-14)10-20-22-16(18)24/h1-10H,(H3,17,21,23)(H3,18,22,24)/b19-9+,20-10+. The fourth-order valence-corrected chi connectivity index (χ4v) is 1.97. The molecule has 6 nitrogen and oxygen atoms in total. The van der Waals surface area contributed by atoms with E-state index in [1.807, 2.05) is 48.5 Å². The molecule has 0 amide bonds. The molecule has 0 saturated heterocycles. The fourth-order valence-electron chi connectivity index (χ4n) is 1.86. The van der Waals surface area contributed by atoms with E-state index in [9.17, 15) is 0 Å². The Kier molecular flexibility index (Phi) is 6.35. The van der Waals surface area contributed by atoms with E-state index in [1.54, 1.807) is 12.4 Å². The maximum absolute atomic E-state index is 5.29. The largest absolute Gasteiger partial charge is 0.375 e. The smallest absolute Gasteiger partial charge is 0.184 e. The highest BCUT2D eigenvalue weighted by Gasteiger charge is 1.98. The Labute approximate surface area is 150 Å². The highest BCUT2D eigenvalue weighted by Crippen LogP contribution is 2.19. The van der Waals surface area contributed by atoms with Gasteiger partial charge in [0.25, 0.3) is 0 Å². The van der Waals surface area contributed by atoms with Crippen molar-refractivity contribution in [2.24, 2.45) is 21.7 Å². The van der Waals surface area contributed by atoms with Crippen molar-refractivity contribution in [3.8, 4) is 11.1 Å².